The van der Waals surface area contributed by atoms with Crippen LogP contribution < -0.4 is 0 Å². The molecule has 2 nitrogen and oxygen atoms in total. The molecular formula is C8H10N2. The summed E-state index contributed by atoms with van der Waals surface area (Å²) in [5.74, 6) is 0. The van der Waals surface area contributed by atoms with Crippen molar-refractivity contribution >= 4 is 11.0 Å². The van der Waals surface area contributed by atoms with E-state index in [0.29, 0.717) is 0 Å². The third-order valence-corrected chi connectivity index (χ3v) is 1.86. The Morgan fingerprint density at radius 1 is 1.40 bits per heavy atom. The van der Waals surface area contributed by atoms with Crippen molar-refractivity contribution in [2.45, 2.75) is 13.3 Å². The molecule has 0 aliphatic rings. The topological polar surface area (TPSA) is 31.6 Å². The van der Waals surface area contributed by atoms with Gasteiger partial charge in [-0.3, -0.25) is 0 Å². The van der Waals surface area contributed by atoms with Crippen LogP contribution in [-0.2, 0) is 6.42 Å². The van der Waals surface area contributed by atoms with E-state index in [9.17, 15) is 0 Å². The molecule has 0 saturated carbocycles. The molecule has 0 spiro atoms. The maximum Gasteiger partial charge on any atom is 0.114 e. The van der Waals surface area contributed by atoms with Crippen LogP contribution in [0.2, 0.25) is 0 Å². The molecule has 0 amide bonds. The quantitative estimate of drug-likeness (QED) is 0.598. The van der Waals surface area contributed by atoms with Crippen molar-refractivity contribution in [3.8, 4) is 0 Å². The van der Waals surface area contributed by atoms with E-state index in [0.717, 1.165) is 12.1 Å². The van der Waals surface area contributed by atoms with Gasteiger partial charge in [0.15, 0.2) is 0 Å². The lowest BCUT2D eigenvalue weighted by Crippen LogP contribution is -1.70. The molecule has 0 radical (unpaired) electrons. The third-order valence-electron chi connectivity index (χ3n) is 1.86. The van der Waals surface area contributed by atoms with Gasteiger partial charge in [-0.15, -0.1) is 0 Å². The van der Waals surface area contributed by atoms with Crippen LogP contribution in [0.5, 0.6) is 0 Å². The number of fused-ring (bicyclic) bond motifs is 1. The molecule has 0 aliphatic carbocycles. The molecule has 2 N–H and O–H groups in total. The predicted molar refractivity (Wildman–Crippen MR) is 42.0 cm³/mol. The van der Waals surface area contributed by atoms with Gasteiger partial charge in [-0.2, -0.15) is 0 Å². The van der Waals surface area contributed by atoms with Crippen LogP contribution in [0.1, 0.15) is 12.5 Å². The lowest BCUT2D eigenvalue weighted by Gasteiger charge is -1.84. The number of rotatable bonds is 1. The average molecular weight is 134 g/mol. The fourth-order valence-corrected chi connectivity index (χ4v) is 1.29. The molecule has 52 valence electrons. The van der Waals surface area contributed by atoms with Crippen molar-refractivity contribution in [1.29, 1.82) is 0 Å². The smallest absolute Gasteiger partial charge is 0.114 e. The molecular weight excluding hydrogens is 124 g/mol. The summed E-state index contributed by atoms with van der Waals surface area (Å²) in [6.07, 6.45) is 5.11. The highest BCUT2D eigenvalue weighted by atomic mass is 14.8. The minimum absolute atomic E-state index is 1.10. The van der Waals surface area contributed by atoms with Crippen molar-refractivity contribution in [2.24, 2.45) is 0 Å². The van der Waals surface area contributed by atoms with Gasteiger partial charge >= 0.3 is 0 Å². The summed E-state index contributed by atoms with van der Waals surface area (Å²) in [4.78, 5) is 6.28. The highest BCUT2D eigenvalue weighted by Gasteiger charge is 1.99. The van der Waals surface area contributed by atoms with Crippen LogP contribution >= 0.6 is 0 Å². The molecule has 2 aromatic heterocycles. The molecule has 10 heavy (non-hydrogen) atoms. The fourth-order valence-electron chi connectivity index (χ4n) is 1.29. The molecule has 0 aromatic carbocycles. The third kappa shape index (κ3) is 0.588. The largest absolute Gasteiger partial charge is 0.348 e. The van der Waals surface area contributed by atoms with Crippen molar-refractivity contribution < 1.29 is 0 Å². The molecule has 0 fully saturated rings. The van der Waals surface area contributed by atoms with E-state index in [1.807, 2.05) is 6.20 Å². The number of hydrogen-bond acceptors (Lipinski definition) is 0. The number of aromatic nitrogens is 2. The van der Waals surface area contributed by atoms with Crippen LogP contribution in [0.3, 0.4) is 0 Å². The van der Waals surface area contributed by atoms with E-state index < -0.39 is 0 Å². The molecule has 0 saturated heterocycles. The molecule has 2 aromatic rings. The SMILES string of the molecule is CCc1c[nH]c2[nH]ccc12. The number of H-pyrrole nitrogens is 2. The average Bonchev–Trinajstić information content (AvgIpc) is 2.44. The Hall–Kier alpha value is -1.18. The normalized spacial score (nSPS) is 10.9. The Kier molecular flexibility index (Phi) is 1.07. The zero-order valence-electron chi connectivity index (χ0n) is 5.94. The summed E-state index contributed by atoms with van der Waals surface area (Å²) in [5.41, 5.74) is 2.52. The van der Waals surface area contributed by atoms with Gasteiger partial charge in [0.05, 0.1) is 0 Å². The Morgan fingerprint density at radius 3 is 3.10 bits per heavy atom. The Balaban J connectivity index is 2.76. The van der Waals surface area contributed by atoms with Crippen LogP contribution in [0.4, 0.5) is 0 Å². The molecule has 2 heterocycles. The van der Waals surface area contributed by atoms with Crippen molar-refractivity contribution in [2.75, 3.05) is 0 Å². The molecule has 0 aliphatic heterocycles. The lowest BCUT2D eigenvalue weighted by atomic mass is 10.2. The summed E-state index contributed by atoms with van der Waals surface area (Å²) in [6.45, 7) is 2.16. The van der Waals surface area contributed by atoms with Crippen LogP contribution in [0, 0.1) is 0 Å². The van der Waals surface area contributed by atoms with Crippen molar-refractivity contribution in [3.63, 3.8) is 0 Å². The summed E-state index contributed by atoms with van der Waals surface area (Å²) >= 11 is 0. The summed E-state index contributed by atoms with van der Waals surface area (Å²) in [6, 6.07) is 2.10. The Bertz CT molecular complexity index is 330. The van der Waals surface area contributed by atoms with Gasteiger partial charge in [-0.25, -0.2) is 0 Å². The molecule has 2 heteroatoms. The van der Waals surface area contributed by atoms with E-state index in [-0.39, 0.29) is 0 Å². The molecule has 2 rings (SSSR count). The second kappa shape index (κ2) is 1.90. The summed E-state index contributed by atoms with van der Waals surface area (Å²) in [7, 11) is 0. The van der Waals surface area contributed by atoms with Crippen LogP contribution in [0.15, 0.2) is 18.5 Å². The standard InChI is InChI=1S/C8H10N2/c1-2-6-5-10-8-7(6)3-4-9-8/h3-5,9-10H,2H2,1H3. The second-order valence-electron chi connectivity index (χ2n) is 2.43. The number of nitrogens with one attached hydrogen (secondary N) is 2. The number of aromatic amines is 2. The first-order valence-corrected chi connectivity index (χ1v) is 3.55. The first kappa shape index (κ1) is 5.59. The first-order valence-electron chi connectivity index (χ1n) is 3.55. The zero-order chi connectivity index (χ0) is 6.97. The fraction of sp³-hybridized carbons (Fsp3) is 0.250. The molecule has 0 atom stereocenters. The minimum Gasteiger partial charge on any atom is -0.348 e. The maximum absolute atomic E-state index is 3.16. The second-order valence-corrected chi connectivity index (χ2v) is 2.43. The van der Waals surface area contributed by atoms with Gasteiger partial charge in [0.25, 0.3) is 0 Å². The van der Waals surface area contributed by atoms with Gasteiger partial charge in [-0.05, 0) is 18.1 Å². The van der Waals surface area contributed by atoms with Gasteiger partial charge in [0, 0.05) is 17.8 Å². The molecule has 0 unspecified atom stereocenters. The van der Waals surface area contributed by atoms with Crippen molar-refractivity contribution in [3.05, 3.63) is 24.0 Å². The van der Waals surface area contributed by atoms with E-state index in [2.05, 4.69) is 29.2 Å². The van der Waals surface area contributed by atoms with E-state index in [1.165, 1.54) is 10.9 Å². The monoisotopic (exact) mass is 134 g/mol. The predicted octanol–water partition coefficient (Wildman–Crippen LogP) is 2.06. The Morgan fingerprint density at radius 2 is 2.30 bits per heavy atom. The number of aryl methyl sites for hydroxylation is 1. The summed E-state index contributed by atoms with van der Waals surface area (Å²) in [5, 5.41) is 1.32. The maximum atomic E-state index is 3.16. The van der Waals surface area contributed by atoms with E-state index >= 15 is 0 Å². The highest BCUT2D eigenvalue weighted by molar-refractivity contribution is 5.80. The first-order chi connectivity index (χ1) is 4.92. The van der Waals surface area contributed by atoms with Gasteiger partial charge in [-0.1, -0.05) is 6.92 Å². The van der Waals surface area contributed by atoms with Crippen molar-refractivity contribution in [1.82, 2.24) is 9.97 Å². The van der Waals surface area contributed by atoms with Crippen LogP contribution in [0.25, 0.3) is 11.0 Å². The van der Waals surface area contributed by atoms with Crippen LogP contribution in [-0.4, -0.2) is 9.97 Å². The van der Waals surface area contributed by atoms with E-state index in [1.54, 1.807) is 0 Å². The molecule has 0 bridgehead atoms. The zero-order valence-corrected chi connectivity index (χ0v) is 5.94. The summed E-state index contributed by atoms with van der Waals surface area (Å²) < 4.78 is 0. The van der Waals surface area contributed by atoms with E-state index in [4.69, 9.17) is 0 Å². The lowest BCUT2D eigenvalue weighted by molar-refractivity contribution is 1.15. The van der Waals surface area contributed by atoms with Gasteiger partial charge in [0.1, 0.15) is 5.65 Å². The number of hydrogen-bond donors (Lipinski definition) is 2. The van der Waals surface area contributed by atoms with Gasteiger partial charge < -0.3 is 9.97 Å². The van der Waals surface area contributed by atoms with Gasteiger partial charge in [0.2, 0.25) is 0 Å². The highest BCUT2D eigenvalue weighted by Crippen LogP contribution is 2.16. The Labute approximate surface area is 59.3 Å². The minimum atomic E-state index is 1.10.